The quantitative estimate of drug-likeness (QED) is 0.751. The van der Waals surface area contributed by atoms with Crippen molar-refractivity contribution in [3.63, 3.8) is 0 Å². The number of carbonyl (C=O) groups excluding carboxylic acids is 3. The fraction of sp³-hybridized carbons (Fsp3) is 0.455. The fourth-order valence-corrected chi connectivity index (χ4v) is 3.19. The lowest BCUT2D eigenvalue weighted by Crippen LogP contribution is -2.51. The van der Waals surface area contributed by atoms with Crippen molar-refractivity contribution in [3.05, 3.63) is 53.6 Å². The Balaban J connectivity index is 1.61. The molecule has 31 heavy (non-hydrogen) atoms. The molecule has 9 heteroatoms. The van der Waals surface area contributed by atoms with Crippen LogP contribution in [0.15, 0.2) is 36.7 Å². The monoisotopic (exact) mass is 428 g/mol. The summed E-state index contributed by atoms with van der Waals surface area (Å²) >= 11 is 0. The molecule has 0 bridgehead atoms. The summed E-state index contributed by atoms with van der Waals surface area (Å²) in [5, 5.41) is 0. The number of ether oxygens (including phenoxy) is 2. The molecule has 0 radical (unpaired) electrons. The lowest BCUT2D eigenvalue weighted by Gasteiger charge is -2.35. The Morgan fingerprint density at radius 1 is 1.03 bits per heavy atom. The molecule has 2 aromatic rings. The summed E-state index contributed by atoms with van der Waals surface area (Å²) in [6.45, 7) is 8.51. The topological polar surface area (TPSA) is 105 Å². The number of H-pyrrole nitrogens is 1. The van der Waals surface area contributed by atoms with E-state index in [-0.39, 0.29) is 17.3 Å². The lowest BCUT2D eigenvalue weighted by molar-refractivity contribution is 0.0140. The predicted octanol–water partition coefficient (Wildman–Crippen LogP) is 3.02. The summed E-state index contributed by atoms with van der Waals surface area (Å²) < 4.78 is 10.9. The second kappa shape index (κ2) is 9.20. The van der Waals surface area contributed by atoms with Crippen LogP contribution < -0.4 is 0 Å². The van der Waals surface area contributed by atoms with Gasteiger partial charge in [0, 0.05) is 26.2 Å². The normalized spacial score (nSPS) is 15.4. The van der Waals surface area contributed by atoms with Crippen LogP contribution >= 0.6 is 0 Å². The van der Waals surface area contributed by atoms with Crippen molar-refractivity contribution in [3.8, 4) is 0 Å². The Labute approximate surface area is 181 Å². The van der Waals surface area contributed by atoms with Gasteiger partial charge in [0.05, 0.1) is 6.33 Å². The van der Waals surface area contributed by atoms with Gasteiger partial charge < -0.3 is 24.3 Å². The number of nitrogens with zero attached hydrogens (tertiary/aromatic N) is 3. The van der Waals surface area contributed by atoms with Crippen molar-refractivity contribution in [2.24, 2.45) is 0 Å². The highest BCUT2D eigenvalue weighted by molar-refractivity contribution is 6.03. The molecule has 0 spiro atoms. The first-order valence-electron chi connectivity index (χ1n) is 10.2. The zero-order valence-corrected chi connectivity index (χ0v) is 18.3. The van der Waals surface area contributed by atoms with Crippen LogP contribution in [0, 0.1) is 0 Å². The third-order valence-electron chi connectivity index (χ3n) is 4.82. The average molecular weight is 428 g/mol. The van der Waals surface area contributed by atoms with Gasteiger partial charge in [0.25, 0.3) is 5.91 Å². The molecule has 1 aliphatic heterocycles. The number of aromatic amines is 1. The maximum atomic E-state index is 12.9. The highest BCUT2D eigenvalue weighted by Gasteiger charge is 2.31. The maximum absolute atomic E-state index is 12.9. The minimum absolute atomic E-state index is 0.0102. The number of hydrogen-bond acceptors (Lipinski definition) is 6. The van der Waals surface area contributed by atoms with E-state index in [4.69, 9.17) is 9.47 Å². The first kappa shape index (κ1) is 22.3. The van der Waals surface area contributed by atoms with Crippen molar-refractivity contribution in [1.29, 1.82) is 0 Å². The molecule has 166 valence electrons. The molecule has 1 aliphatic rings. The van der Waals surface area contributed by atoms with Gasteiger partial charge in [-0.15, -0.1) is 0 Å². The molecule has 9 nitrogen and oxygen atoms in total. The van der Waals surface area contributed by atoms with Gasteiger partial charge in [-0.05, 0) is 33.3 Å². The van der Waals surface area contributed by atoms with E-state index in [1.54, 1.807) is 16.7 Å². The highest BCUT2D eigenvalue weighted by atomic mass is 16.6. The number of benzene rings is 1. The molecule has 1 N–H and O–H groups in total. The number of piperazine rings is 1. The summed E-state index contributed by atoms with van der Waals surface area (Å²) in [6, 6.07) is 9.33. The molecule has 2 amide bonds. The molecule has 0 aliphatic carbocycles. The third kappa shape index (κ3) is 5.62. The van der Waals surface area contributed by atoms with E-state index in [2.05, 4.69) is 9.97 Å². The van der Waals surface area contributed by atoms with Crippen LogP contribution in [0.5, 0.6) is 0 Å². The van der Waals surface area contributed by atoms with Crippen molar-refractivity contribution < 1.29 is 23.9 Å². The highest BCUT2D eigenvalue weighted by Crippen LogP contribution is 2.20. The van der Waals surface area contributed by atoms with Gasteiger partial charge in [0.1, 0.15) is 11.7 Å². The lowest BCUT2D eigenvalue weighted by atomic mass is 10.1. The van der Waals surface area contributed by atoms with E-state index in [1.165, 1.54) is 6.33 Å². The molecular formula is C22H28N4O5. The van der Waals surface area contributed by atoms with Crippen LogP contribution in [0.4, 0.5) is 4.79 Å². The van der Waals surface area contributed by atoms with E-state index in [0.717, 1.165) is 5.56 Å². The number of imidazole rings is 1. The smallest absolute Gasteiger partial charge is 0.410 e. The molecule has 0 saturated carbocycles. The largest absolute Gasteiger partial charge is 0.453 e. The van der Waals surface area contributed by atoms with Crippen LogP contribution in [-0.4, -0.2) is 69.5 Å². The summed E-state index contributed by atoms with van der Waals surface area (Å²) in [5.74, 6) is -1.03. The van der Waals surface area contributed by atoms with Crippen molar-refractivity contribution in [1.82, 2.24) is 19.8 Å². The molecule has 1 aromatic carbocycles. The van der Waals surface area contributed by atoms with Gasteiger partial charge in [0.2, 0.25) is 0 Å². The van der Waals surface area contributed by atoms with Crippen LogP contribution in [0.2, 0.25) is 0 Å². The molecule has 1 saturated heterocycles. The van der Waals surface area contributed by atoms with E-state index < -0.39 is 23.8 Å². The molecule has 0 unspecified atom stereocenters. The Morgan fingerprint density at radius 3 is 2.26 bits per heavy atom. The Morgan fingerprint density at radius 2 is 1.65 bits per heavy atom. The number of hydrogen-bond donors (Lipinski definition) is 1. The van der Waals surface area contributed by atoms with E-state index >= 15 is 0 Å². The van der Waals surface area contributed by atoms with Gasteiger partial charge in [-0.25, -0.2) is 14.6 Å². The number of esters is 1. The zero-order chi connectivity index (χ0) is 22.6. The summed E-state index contributed by atoms with van der Waals surface area (Å²) in [6.07, 6.45) is 0.421. The number of aromatic nitrogens is 2. The standard InChI is InChI=1S/C22H28N4O5/c1-15(16-8-6-5-7-9-16)30-20(28)18-17(23-14-24-18)19(27)25-10-12-26(13-11-25)21(29)31-22(2,3)4/h5-9,14-15H,10-13H2,1-4H3,(H,23,24)/t15-/m1/s1. The Hall–Kier alpha value is -3.36. The molecule has 1 aromatic heterocycles. The molecular weight excluding hydrogens is 400 g/mol. The van der Waals surface area contributed by atoms with Crippen LogP contribution in [0.3, 0.4) is 0 Å². The number of amides is 2. The van der Waals surface area contributed by atoms with Crippen LogP contribution in [0.1, 0.15) is 60.3 Å². The summed E-state index contributed by atoms with van der Waals surface area (Å²) in [4.78, 5) is 47.7. The van der Waals surface area contributed by atoms with Gasteiger partial charge in [0.15, 0.2) is 11.4 Å². The minimum Gasteiger partial charge on any atom is -0.453 e. The van der Waals surface area contributed by atoms with Gasteiger partial charge in [-0.3, -0.25) is 4.79 Å². The molecule has 1 fully saturated rings. The number of nitrogens with one attached hydrogen (secondary N) is 1. The number of carbonyl (C=O) groups is 3. The SMILES string of the molecule is C[C@@H](OC(=O)c1[nH]cnc1C(=O)N1CCN(C(=O)OC(C)(C)C)CC1)c1ccccc1. The molecule has 1 atom stereocenters. The zero-order valence-electron chi connectivity index (χ0n) is 18.3. The van der Waals surface area contributed by atoms with Crippen molar-refractivity contribution in [2.45, 2.75) is 39.4 Å². The summed E-state index contributed by atoms with van der Waals surface area (Å²) in [7, 11) is 0. The van der Waals surface area contributed by atoms with E-state index in [1.807, 2.05) is 51.1 Å². The molecule has 3 rings (SSSR count). The maximum Gasteiger partial charge on any atom is 0.410 e. The van der Waals surface area contributed by atoms with Crippen LogP contribution in [0.25, 0.3) is 0 Å². The van der Waals surface area contributed by atoms with Crippen molar-refractivity contribution >= 4 is 18.0 Å². The first-order chi connectivity index (χ1) is 14.7. The third-order valence-corrected chi connectivity index (χ3v) is 4.82. The second-order valence-electron chi connectivity index (χ2n) is 8.34. The van der Waals surface area contributed by atoms with Gasteiger partial charge in [-0.2, -0.15) is 0 Å². The minimum atomic E-state index is -0.649. The van der Waals surface area contributed by atoms with Gasteiger partial charge in [-0.1, -0.05) is 30.3 Å². The van der Waals surface area contributed by atoms with Gasteiger partial charge >= 0.3 is 12.1 Å². The van der Waals surface area contributed by atoms with Crippen molar-refractivity contribution in [2.75, 3.05) is 26.2 Å². The number of rotatable bonds is 4. The molecule has 2 heterocycles. The summed E-state index contributed by atoms with van der Waals surface area (Å²) in [5.41, 5.74) is 0.297. The average Bonchev–Trinajstić information content (AvgIpc) is 3.23. The van der Waals surface area contributed by atoms with E-state index in [9.17, 15) is 14.4 Å². The first-order valence-corrected chi connectivity index (χ1v) is 10.2. The predicted molar refractivity (Wildman–Crippen MR) is 113 cm³/mol. The van der Waals surface area contributed by atoms with Crippen LogP contribution in [-0.2, 0) is 9.47 Å². The second-order valence-corrected chi connectivity index (χ2v) is 8.34. The fourth-order valence-electron chi connectivity index (χ4n) is 3.19. The van der Waals surface area contributed by atoms with E-state index in [0.29, 0.717) is 26.2 Å². The Bertz CT molecular complexity index is 927. The Kier molecular flexibility index (Phi) is 6.62.